The fourth-order valence-electron chi connectivity index (χ4n) is 5.13. The third kappa shape index (κ3) is 1.68. The first-order valence-electron chi connectivity index (χ1n) is 8.65. The van der Waals surface area contributed by atoms with E-state index < -0.39 is 0 Å². The third-order valence-corrected chi connectivity index (χ3v) is 6.12. The van der Waals surface area contributed by atoms with Crippen molar-refractivity contribution in [3.8, 4) is 0 Å². The van der Waals surface area contributed by atoms with Crippen LogP contribution in [0.25, 0.3) is 0 Å². The van der Waals surface area contributed by atoms with E-state index in [4.69, 9.17) is 0 Å². The molecular formula is C19H23NO2. The van der Waals surface area contributed by atoms with Crippen LogP contribution in [0.2, 0.25) is 0 Å². The molecule has 0 spiro atoms. The summed E-state index contributed by atoms with van der Waals surface area (Å²) < 4.78 is 0. The largest absolute Gasteiger partial charge is 0.274 e. The quantitative estimate of drug-likeness (QED) is 0.802. The Morgan fingerprint density at radius 2 is 1.45 bits per heavy atom. The number of anilines is 1. The Bertz CT molecular complexity index is 601. The molecule has 4 atom stereocenters. The molecular weight excluding hydrogens is 274 g/mol. The van der Waals surface area contributed by atoms with Crippen molar-refractivity contribution >= 4 is 17.5 Å². The maximum atomic E-state index is 13.0. The first kappa shape index (κ1) is 14.0. The summed E-state index contributed by atoms with van der Waals surface area (Å²) in [6.45, 7) is 4.18. The molecule has 3 aliphatic rings. The number of hydrogen-bond donors (Lipinski definition) is 0. The molecule has 2 aliphatic carbocycles. The van der Waals surface area contributed by atoms with Gasteiger partial charge in [0.2, 0.25) is 11.8 Å². The minimum Gasteiger partial charge on any atom is -0.274 e. The van der Waals surface area contributed by atoms with Crippen LogP contribution in [0.4, 0.5) is 5.69 Å². The van der Waals surface area contributed by atoms with E-state index in [1.807, 2.05) is 6.07 Å². The minimum absolute atomic E-state index is 0.0270. The van der Waals surface area contributed by atoms with Gasteiger partial charge in [0.25, 0.3) is 0 Å². The number of carbonyl (C=O) groups excluding carboxylic acids is 2. The highest BCUT2D eigenvalue weighted by atomic mass is 16.2. The van der Waals surface area contributed by atoms with Gasteiger partial charge in [-0.25, -0.2) is 4.90 Å². The predicted octanol–water partition coefficient (Wildman–Crippen LogP) is 3.35. The second kappa shape index (κ2) is 4.94. The lowest BCUT2D eigenvalue weighted by Crippen LogP contribution is -2.34. The van der Waals surface area contributed by atoms with Gasteiger partial charge in [-0.2, -0.15) is 0 Å². The number of benzene rings is 1. The van der Waals surface area contributed by atoms with Crippen LogP contribution in [-0.2, 0) is 22.4 Å². The van der Waals surface area contributed by atoms with E-state index in [1.54, 1.807) is 4.90 Å². The number of rotatable bonds is 3. The fourth-order valence-corrected chi connectivity index (χ4v) is 5.13. The van der Waals surface area contributed by atoms with Crippen molar-refractivity contribution in [3.63, 3.8) is 0 Å². The fraction of sp³-hybridized carbons (Fsp3) is 0.579. The smallest absolute Gasteiger partial charge is 0.237 e. The predicted molar refractivity (Wildman–Crippen MR) is 85.5 cm³/mol. The molecule has 1 aromatic rings. The summed E-state index contributed by atoms with van der Waals surface area (Å²) in [5.74, 6) is 1.02. The highest BCUT2D eigenvalue weighted by Gasteiger charge is 2.61. The summed E-state index contributed by atoms with van der Waals surface area (Å²) in [5, 5.41) is 0. The number of carbonyl (C=O) groups is 2. The van der Waals surface area contributed by atoms with Crippen LogP contribution < -0.4 is 4.90 Å². The Hall–Kier alpha value is -1.64. The zero-order valence-corrected chi connectivity index (χ0v) is 13.3. The maximum Gasteiger partial charge on any atom is 0.237 e. The normalized spacial score (nSPS) is 32.9. The number of para-hydroxylation sites is 1. The van der Waals surface area contributed by atoms with Crippen molar-refractivity contribution in [3.05, 3.63) is 29.3 Å². The van der Waals surface area contributed by atoms with Crippen molar-refractivity contribution in [2.45, 2.75) is 46.0 Å². The summed E-state index contributed by atoms with van der Waals surface area (Å²) in [6.07, 6.45) is 5.06. The Kier molecular flexibility index (Phi) is 3.14. The van der Waals surface area contributed by atoms with Gasteiger partial charge in [-0.3, -0.25) is 9.59 Å². The van der Waals surface area contributed by atoms with Crippen molar-refractivity contribution < 1.29 is 9.59 Å². The van der Waals surface area contributed by atoms with Crippen LogP contribution in [-0.4, -0.2) is 11.8 Å². The van der Waals surface area contributed by atoms with Crippen LogP contribution >= 0.6 is 0 Å². The zero-order valence-electron chi connectivity index (χ0n) is 13.3. The monoisotopic (exact) mass is 297 g/mol. The minimum atomic E-state index is -0.0270. The molecule has 0 aromatic heterocycles. The van der Waals surface area contributed by atoms with Gasteiger partial charge in [-0.15, -0.1) is 0 Å². The van der Waals surface area contributed by atoms with E-state index in [0.29, 0.717) is 11.8 Å². The maximum absolute atomic E-state index is 13.0. The van der Waals surface area contributed by atoms with Gasteiger partial charge < -0.3 is 0 Å². The standard InChI is InChI=1S/C19H23NO2/c1-3-11-6-5-7-12(4-2)17(11)20-18(21)15-13-8-9-14(10-13)16(15)19(20)22/h5-7,13-16H,3-4,8-10H2,1-2H3. The number of fused-ring (bicyclic) bond motifs is 5. The number of hydrogen-bond acceptors (Lipinski definition) is 2. The number of imide groups is 1. The average Bonchev–Trinajstić information content (AvgIpc) is 3.21. The molecule has 0 N–H and O–H groups in total. The van der Waals surface area contributed by atoms with Crippen molar-refractivity contribution in [1.29, 1.82) is 0 Å². The molecule has 1 aliphatic heterocycles. The van der Waals surface area contributed by atoms with E-state index in [9.17, 15) is 9.59 Å². The summed E-state index contributed by atoms with van der Waals surface area (Å²) in [6, 6.07) is 6.15. The summed E-state index contributed by atoms with van der Waals surface area (Å²) in [4.78, 5) is 27.6. The highest BCUT2D eigenvalue weighted by molar-refractivity contribution is 6.23. The van der Waals surface area contributed by atoms with Crippen molar-refractivity contribution in [2.75, 3.05) is 4.90 Å². The summed E-state index contributed by atoms with van der Waals surface area (Å²) in [5.41, 5.74) is 3.14. The molecule has 3 heteroatoms. The molecule has 2 saturated carbocycles. The Morgan fingerprint density at radius 1 is 0.955 bits per heavy atom. The Balaban J connectivity index is 1.81. The molecule has 3 nitrogen and oxygen atoms in total. The molecule has 116 valence electrons. The Morgan fingerprint density at radius 3 is 1.91 bits per heavy atom. The van der Waals surface area contributed by atoms with Gasteiger partial charge in [0.1, 0.15) is 0 Å². The second-order valence-electron chi connectivity index (χ2n) is 7.03. The summed E-state index contributed by atoms with van der Waals surface area (Å²) in [7, 11) is 0. The van der Waals surface area contributed by atoms with Crippen LogP contribution in [0.3, 0.4) is 0 Å². The molecule has 1 heterocycles. The molecule has 2 amide bonds. The number of aryl methyl sites for hydroxylation is 2. The number of amides is 2. The van der Waals surface area contributed by atoms with Crippen molar-refractivity contribution in [2.24, 2.45) is 23.7 Å². The van der Waals surface area contributed by atoms with Gasteiger partial charge in [-0.1, -0.05) is 32.0 Å². The molecule has 1 aromatic carbocycles. The zero-order chi connectivity index (χ0) is 15.4. The lowest BCUT2D eigenvalue weighted by Gasteiger charge is -2.23. The first-order valence-corrected chi connectivity index (χ1v) is 8.65. The summed E-state index contributed by atoms with van der Waals surface area (Å²) >= 11 is 0. The van der Waals surface area contributed by atoms with E-state index >= 15 is 0 Å². The number of nitrogens with zero attached hydrogens (tertiary/aromatic N) is 1. The molecule has 22 heavy (non-hydrogen) atoms. The second-order valence-corrected chi connectivity index (χ2v) is 7.03. The Labute approximate surface area is 131 Å². The third-order valence-electron chi connectivity index (χ3n) is 6.12. The molecule has 0 radical (unpaired) electrons. The van der Waals surface area contributed by atoms with Crippen LogP contribution in [0.15, 0.2) is 18.2 Å². The van der Waals surface area contributed by atoms with E-state index in [0.717, 1.165) is 48.9 Å². The highest BCUT2D eigenvalue weighted by Crippen LogP contribution is 2.57. The molecule has 4 unspecified atom stereocenters. The molecule has 3 fully saturated rings. The van der Waals surface area contributed by atoms with Gasteiger partial charge in [-0.05, 0) is 55.1 Å². The van der Waals surface area contributed by atoms with Crippen molar-refractivity contribution in [1.82, 2.24) is 0 Å². The molecule has 1 saturated heterocycles. The van der Waals surface area contributed by atoms with Gasteiger partial charge in [0.05, 0.1) is 17.5 Å². The molecule has 4 rings (SSSR count). The van der Waals surface area contributed by atoms with Crippen LogP contribution in [0.1, 0.15) is 44.2 Å². The van der Waals surface area contributed by atoms with Gasteiger partial charge in [0, 0.05) is 0 Å². The van der Waals surface area contributed by atoms with Gasteiger partial charge in [0.15, 0.2) is 0 Å². The average molecular weight is 297 g/mol. The lowest BCUT2D eigenvalue weighted by molar-refractivity contribution is -0.123. The lowest BCUT2D eigenvalue weighted by atomic mass is 9.81. The topological polar surface area (TPSA) is 37.4 Å². The van der Waals surface area contributed by atoms with E-state index in [-0.39, 0.29) is 23.7 Å². The van der Waals surface area contributed by atoms with Crippen LogP contribution in [0.5, 0.6) is 0 Å². The van der Waals surface area contributed by atoms with E-state index in [2.05, 4.69) is 26.0 Å². The van der Waals surface area contributed by atoms with Crippen LogP contribution in [0, 0.1) is 23.7 Å². The van der Waals surface area contributed by atoms with E-state index in [1.165, 1.54) is 0 Å². The SMILES string of the molecule is CCc1cccc(CC)c1N1C(=O)C2C3CCC(C3)C2C1=O. The van der Waals surface area contributed by atoms with Gasteiger partial charge >= 0.3 is 0 Å². The first-order chi connectivity index (χ1) is 10.7. The molecule has 2 bridgehead atoms.